The van der Waals surface area contributed by atoms with Crippen LogP contribution in [0.2, 0.25) is 0 Å². The van der Waals surface area contributed by atoms with Gasteiger partial charge < -0.3 is 9.47 Å². The van der Waals surface area contributed by atoms with Crippen molar-refractivity contribution in [1.29, 1.82) is 0 Å². The fourth-order valence-corrected chi connectivity index (χ4v) is 3.31. The Balaban J connectivity index is 1.53. The van der Waals surface area contributed by atoms with Gasteiger partial charge in [-0.15, -0.1) is 0 Å². The fraction of sp³-hybridized carbons (Fsp3) is 0.368. The second-order valence-corrected chi connectivity index (χ2v) is 6.25. The molecule has 4 heteroatoms. The molecular weight excluding hydrogens is 293 g/mol. The summed E-state index contributed by atoms with van der Waals surface area (Å²) < 4.78 is 24.4. The number of likely N-dealkylation sites (tertiary alicyclic amines) is 1. The molecule has 0 saturated carbocycles. The monoisotopic (exact) mass is 313 g/mol. The van der Waals surface area contributed by atoms with Crippen LogP contribution in [-0.4, -0.2) is 24.7 Å². The molecule has 1 atom stereocenters. The van der Waals surface area contributed by atoms with Crippen molar-refractivity contribution in [2.75, 3.05) is 19.8 Å². The Bertz CT molecular complexity index is 714. The van der Waals surface area contributed by atoms with Crippen LogP contribution in [0.1, 0.15) is 29.2 Å². The minimum absolute atomic E-state index is 0.178. The van der Waals surface area contributed by atoms with Crippen molar-refractivity contribution in [3.63, 3.8) is 0 Å². The molecule has 0 N–H and O–H groups in total. The smallest absolute Gasteiger partial charge is 0.161 e. The van der Waals surface area contributed by atoms with Crippen LogP contribution in [0.25, 0.3) is 0 Å². The number of hydrogen-bond donors (Lipinski definition) is 0. The lowest BCUT2D eigenvalue weighted by Crippen LogP contribution is -2.40. The van der Waals surface area contributed by atoms with Gasteiger partial charge >= 0.3 is 0 Å². The maximum absolute atomic E-state index is 13.1. The van der Waals surface area contributed by atoms with E-state index in [-0.39, 0.29) is 5.82 Å². The molecule has 2 aromatic rings. The summed E-state index contributed by atoms with van der Waals surface area (Å²) in [5, 5.41) is 0. The molecule has 1 fully saturated rings. The molecule has 2 aromatic carbocycles. The molecule has 3 nitrogen and oxygen atoms in total. The van der Waals surface area contributed by atoms with E-state index in [4.69, 9.17) is 9.47 Å². The molecule has 0 aromatic heterocycles. The number of halogens is 1. The Labute approximate surface area is 135 Å². The first-order valence-corrected chi connectivity index (χ1v) is 8.09. The molecule has 0 unspecified atom stereocenters. The number of nitrogens with zero attached hydrogens (tertiary/aromatic N) is 1. The van der Waals surface area contributed by atoms with Gasteiger partial charge in [0.05, 0.1) is 0 Å². The fourth-order valence-electron chi connectivity index (χ4n) is 3.31. The molecule has 4 rings (SSSR count). The minimum atomic E-state index is -0.178. The summed E-state index contributed by atoms with van der Waals surface area (Å²) in [7, 11) is 0. The maximum Gasteiger partial charge on any atom is 0.161 e. The van der Waals surface area contributed by atoms with Crippen LogP contribution >= 0.6 is 0 Å². The quantitative estimate of drug-likeness (QED) is 0.859. The molecular formula is C19H20FNO2. The predicted octanol–water partition coefficient (Wildman–Crippen LogP) is 3.85. The van der Waals surface area contributed by atoms with Gasteiger partial charge in [-0.3, -0.25) is 4.90 Å². The summed E-state index contributed by atoms with van der Waals surface area (Å²) in [4.78, 5) is 2.42. The second-order valence-electron chi connectivity index (χ2n) is 6.25. The highest BCUT2D eigenvalue weighted by Crippen LogP contribution is 2.38. The van der Waals surface area contributed by atoms with Crippen LogP contribution < -0.4 is 9.47 Å². The Morgan fingerprint density at radius 3 is 2.43 bits per heavy atom. The van der Waals surface area contributed by atoms with Gasteiger partial charge in [0.15, 0.2) is 11.5 Å². The zero-order valence-corrected chi connectivity index (χ0v) is 13.2. The van der Waals surface area contributed by atoms with E-state index < -0.39 is 0 Å². The van der Waals surface area contributed by atoms with E-state index in [0.717, 1.165) is 31.0 Å². The van der Waals surface area contributed by atoms with E-state index in [1.54, 1.807) is 12.1 Å². The molecule has 0 spiro atoms. The van der Waals surface area contributed by atoms with Crippen molar-refractivity contribution in [2.24, 2.45) is 0 Å². The number of aryl methyl sites for hydroxylation is 1. The zero-order valence-electron chi connectivity index (χ0n) is 13.2. The number of ether oxygens (including phenoxy) is 2. The summed E-state index contributed by atoms with van der Waals surface area (Å²) >= 11 is 0. The van der Waals surface area contributed by atoms with Crippen molar-refractivity contribution in [2.45, 2.75) is 25.9 Å². The first-order valence-electron chi connectivity index (χ1n) is 8.09. The number of hydrogen-bond acceptors (Lipinski definition) is 3. The lowest BCUT2D eigenvalue weighted by molar-refractivity contribution is 0.0813. The Morgan fingerprint density at radius 2 is 1.78 bits per heavy atom. The number of fused-ring (bicyclic) bond motifs is 1. The first kappa shape index (κ1) is 14.5. The summed E-state index contributed by atoms with van der Waals surface area (Å²) in [6.45, 7) is 5.28. The van der Waals surface area contributed by atoms with E-state index in [1.165, 1.54) is 16.7 Å². The topological polar surface area (TPSA) is 21.7 Å². The second kappa shape index (κ2) is 5.85. The molecule has 23 heavy (non-hydrogen) atoms. The normalized spacial score (nSPS) is 20.2. The van der Waals surface area contributed by atoms with Gasteiger partial charge in [0, 0.05) is 19.1 Å². The van der Waals surface area contributed by atoms with Gasteiger partial charge in [-0.1, -0.05) is 12.1 Å². The molecule has 120 valence electrons. The predicted molar refractivity (Wildman–Crippen MR) is 86.3 cm³/mol. The molecule has 0 amide bonds. The summed E-state index contributed by atoms with van der Waals surface area (Å²) in [5.74, 6) is 1.51. The van der Waals surface area contributed by atoms with E-state index >= 15 is 0 Å². The molecule has 2 aliphatic rings. The van der Waals surface area contributed by atoms with Gasteiger partial charge in [0.1, 0.15) is 19.0 Å². The van der Waals surface area contributed by atoms with Crippen LogP contribution in [0.15, 0.2) is 36.4 Å². The van der Waals surface area contributed by atoms with Crippen molar-refractivity contribution in [1.82, 2.24) is 4.90 Å². The molecule has 2 heterocycles. The Hall–Kier alpha value is -2.07. The number of benzene rings is 2. The molecule has 1 saturated heterocycles. The highest BCUT2D eigenvalue weighted by Gasteiger charge is 2.30. The van der Waals surface area contributed by atoms with E-state index in [9.17, 15) is 4.39 Å². The summed E-state index contributed by atoms with van der Waals surface area (Å²) in [6, 6.07) is 11.4. The summed E-state index contributed by atoms with van der Waals surface area (Å²) in [5.41, 5.74) is 3.67. The van der Waals surface area contributed by atoms with Crippen LogP contribution in [0.4, 0.5) is 4.39 Å². The molecule has 0 radical (unpaired) electrons. The largest absolute Gasteiger partial charge is 0.486 e. The van der Waals surface area contributed by atoms with Crippen molar-refractivity contribution < 1.29 is 13.9 Å². The van der Waals surface area contributed by atoms with Crippen LogP contribution in [-0.2, 0) is 6.54 Å². The summed E-state index contributed by atoms with van der Waals surface area (Å²) in [6.07, 6.45) is 1.12. The highest BCUT2D eigenvalue weighted by atomic mass is 19.1. The maximum atomic E-state index is 13.1. The average Bonchev–Trinajstić information content (AvgIpc) is 2.54. The lowest BCUT2D eigenvalue weighted by atomic mass is 9.93. The van der Waals surface area contributed by atoms with Gasteiger partial charge in [0.2, 0.25) is 0 Å². The standard InChI is InChI=1S/C19H20FNO2/c1-13-10-18-19(23-9-8-22-18)11-15(13)12-21-7-6-17(21)14-2-4-16(20)5-3-14/h2-5,10-11,17H,6-9,12H2,1H3/t17-/m1/s1. The van der Waals surface area contributed by atoms with E-state index in [0.29, 0.717) is 19.3 Å². The Kier molecular flexibility index (Phi) is 3.69. The van der Waals surface area contributed by atoms with Gasteiger partial charge in [-0.2, -0.15) is 0 Å². The third kappa shape index (κ3) is 2.79. The third-order valence-corrected chi connectivity index (χ3v) is 4.76. The molecule has 0 bridgehead atoms. The molecule has 2 aliphatic heterocycles. The third-order valence-electron chi connectivity index (χ3n) is 4.76. The lowest BCUT2D eigenvalue weighted by Gasteiger charge is -2.41. The van der Waals surface area contributed by atoms with Gasteiger partial charge in [0.25, 0.3) is 0 Å². The van der Waals surface area contributed by atoms with Crippen LogP contribution in [0.3, 0.4) is 0 Å². The first-order chi connectivity index (χ1) is 11.2. The molecule has 0 aliphatic carbocycles. The Morgan fingerprint density at radius 1 is 1.09 bits per heavy atom. The van der Waals surface area contributed by atoms with Gasteiger partial charge in [-0.05, 0) is 54.3 Å². The SMILES string of the molecule is Cc1cc2c(cc1CN1CC[C@@H]1c1ccc(F)cc1)OCCO2. The van der Waals surface area contributed by atoms with Gasteiger partial charge in [-0.25, -0.2) is 4.39 Å². The number of rotatable bonds is 3. The minimum Gasteiger partial charge on any atom is -0.486 e. The van der Waals surface area contributed by atoms with Crippen molar-refractivity contribution >= 4 is 0 Å². The van der Waals surface area contributed by atoms with E-state index in [1.807, 2.05) is 12.1 Å². The van der Waals surface area contributed by atoms with Crippen molar-refractivity contribution in [3.05, 3.63) is 58.9 Å². The van der Waals surface area contributed by atoms with E-state index in [2.05, 4.69) is 24.0 Å². The highest BCUT2D eigenvalue weighted by molar-refractivity contribution is 5.47. The zero-order chi connectivity index (χ0) is 15.8. The average molecular weight is 313 g/mol. The van der Waals surface area contributed by atoms with Crippen LogP contribution in [0.5, 0.6) is 11.5 Å². The van der Waals surface area contributed by atoms with Crippen molar-refractivity contribution in [3.8, 4) is 11.5 Å². The van der Waals surface area contributed by atoms with Crippen LogP contribution in [0, 0.1) is 12.7 Å².